The van der Waals surface area contributed by atoms with Crippen LogP contribution in [0.15, 0.2) is 54.3 Å². The van der Waals surface area contributed by atoms with E-state index in [1.807, 2.05) is 41.5 Å². The third-order valence-electron chi connectivity index (χ3n) is 6.11. The Morgan fingerprint density at radius 2 is 1.67 bits per heavy atom. The Kier molecular flexibility index (Phi) is 11.3. The molecule has 0 aliphatic rings. The summed E-state index contributed by atoms with van der Waals surface area (Å²) in [7, 11) is 0. The fraction of sp³-hybridized carbons (Fsp3) is 0.438. The van der Waals surface area contributed by atoms with Gasteiger partial charge in [0.2, 0.25) is 0 Å². The third kappa shape index (κ3) is 8.68. The number of nitrogens with zero attached hydrogens (tertiary/aromatic N) is 1. The average molecular weight is 665 g/mol. The number of hydrogen-bond acceptors (Lipinski definition) is 3. The fourth-order valence-electron chi connectivity index (χ4n) is 3.57. The number of aliphatic hydroxyl groups is 1. The molecular formula is C32H42IrNO2-. The largest absolute Gasteiger partial charge is 0.512 e. The number of allylic oxidation sites excluding steroid dienone is 2. The predicted octanol–water partition coefficient (Wildman–Crippen LogP) is 8.92. The van der Waals surface area contributed by atoms with Crippen molar-refractivity contribution in [1.29, 1.82) is 0 Å². The minimum atomic E-state index is -0.417. The van der Waals surface area contributed by atoms with Crippen molar-refractivity contribution in [3.8, 4) is 11.3 Å². The van der Waals surface area contributed by atoms with Crippen molar-refractivity contribution in [2.45, 2.75) is 81.6 Å². The van der Waals surface area contributed by atoms with E-state index in [2.05, 4.69) is 76.2 Å². The van der Waals surface area contributed by atoms with Crippen LogP contribution in [0, 0.1) is 30.7 Å². The molecule has 0 spiro atoms. The zero-order valence-corrected chi connectivity index (χ0v) is 25.9. The Hall–Kier alpha value is -2.29. The van der Waals surface area contributed by atoms with Crippen molar-refractivity contribution < 1.29 is 30.0 Å². The predicted molar refractivity (Wildman–Crippen MR) is 149 cm³/mol. The first-order chi connectivity index (χ1) is 16.1. The summed E-state index contributed by atoms with van der Waals surface area (Å²) in [6.45, 7) is 19.8. The molecule has 0 saturated heterocycles. The number of aryl methyl sites for hydroxylation is 2. The first-order valence-electron chi connectivity index (χ1n) is 12.5. The molecule has 1 heterocycles. The van der Waals surface area contributed by atoms with E-state index >= 15 is 0 Å². The molecule has 0 bridgehead atoms. The summed E-state index contributed by atoms with van der Waals surface area (Å²) in [5.41, 5.74) is 6.19. The smallest absolute Gasteiger partial charge is 0.164 e. The van der Waals surface area contributed by atoms with Gasteiger partial charge in [0.1, 0.15) is 5.76 Å². The number of carbonyl (C=O) groups is 1. The maximum atomic E-state index is 11.5. The number of aliphatic hydroxyl groups excluding tert-OH is 1. The Balaban J connectivity index is 0.000000402. The van der Waals surface area contributed by atoms with Gasteiger partial charge in [0, 0.05) is 42.4 Å². The minimum Gasteiger partial charge on any atom is -0.512 e. The molecule has 2 aromatic carbocycles. The van der Waals surface area contributed by atoms with E-state index in [4.69, 9.17) is 4.98 Å². The number of rotatable bonds is 4. The molecule has 4 heteroatoms. The summed E-state index contributed by atoms with van der Waals surface area (Å²) in [4.78, 5) is 16.4. The number of aromatic nitrogens is 1. The summed E-state index contributed by atoms with van der Waals surface area (Å²) >= 11 is 0. The van der Waals surface area contributed by atoms with Crippen LogP contribution in [-0.4, -0.2) is 15.9 Å². The summed E-state index contributed by atoms with van der Waals surface area (Å²) in [6, 6.07) is 18.5. The molecule has 0 saturated carbocycles. The topological polar surface area (TPSA) is 50.2 Å². The van der Waals surface area contributed by atoms with Crippen LogP contribution in [0.5, 0.6) is 0 Å². The van der Waals surface area contributed by atoms with Gasteiger partial charge in [-0.3, -0.25) is 9.78 Å². The first kappa shape index (κ1) is 31.7. The van der Waals surface area contributed by atoms with Gasteiger partial charge in [-0.15, -0.1) is 34.9 Å². The van der Waals surface area contributed by atoms with Crippen molar-refractivity contribution in [3.63, 3.8) is 0 Å². The van der Waals surface area contributed by atoms with Crippen LogP contribution in [0.1, 0.15) is 84.4 Å². The molecule has 0 aliphatic carbocycles. The zero-order valence-electron chi connectivity index (χ0n) is 23.5. The van der Waals surface area contributed by atoms with Gasteiger partial charge in [0.15, 0.2) is 5.78 Å². The second kappa shape index (κ2) is 12.8. The van der Waals surface area contributed by atoms with Crippen LogP contribution < -0.4 is 0 Å². The van der Waals surface area contributed by atoms with Crippen LogP contribution >= 0.6 is 0 Å². The molecule has 3 rings (SSSR count). The van der Waals surface area contributed by atoms with Gasteiger partial charge in [0.25, 0.3) is 0 Å². The maximum absolute atomic E-state index is 11.5. The molecule has 0 fully saturated rings. The number of hydrogen-bond donors (Lipinski definition) is 1. The van der Waals surface area contributed by atoms with Crippen molar-refractivity contribution in [2.75, 3.05) is 0 Å². The Morgan fingerprint density at radius 1 is 1.03 bits per heavy atom. The van der Waals surface area contributed by atoms with E-state index in [-0.39, 0.29) is 37.1 Å². The number of pyridine rings is 1. The summed E-state index contributed by atoms with van der Waals surface area (Å²) in [5.74, 6) is 0.663. The van der Waals surface area contributed by atoms with Crippen molar-refractivity contribution in [1.82, 2.24) is 4.98 Å². The molecule has 1 aromatic heterocycles. The Bertz CT molecular complexity index is 1190. The number of ketones is 1. The van der Waals surface area contributed by atoms with Gasteiger partial charge in [-0.25, -0.2) is 0 Å². The van der Waals surface area contributed by atoms with E-state index in [1.165, 1.54) is 22.6 Å². The van der Waals surface area contributed by atoms with Gasteiger partial charge < -0.3 is 5.11 Å². The monoisotopic (exact) mass is 665 g/mol. The quantitative estimate of drug-likeness (QED) is 0.172. The molecule has 36 heavy (non-hydrogen) atoms. The molecule has 0 aliphatic heterocycles. The second-order valence-corrected chi connectivity index (χ2v) is 11.6. The van der Waals surface area contributed by atoms with Crippen molar-refractivity contribution in [3.05, 3.63) is 77.1 Å². The van der Waals surface area contributed by atoms with Crippen LogP contribution in [-0.2, 0) is 24.9 Å². The molecule has 0 amide bonds. The van der Waals surface area contributed by atoms with E-state index in [0.717, 1.165) is 28.8 Å². The molecule has 1 atom stereocenters. The second-order valence-electron chi connectivity index (χ2n) is 11.6. The van der Waals surface area contributed by atoms with Crippen LogP contribution in [0.4, 0.5) is 0 Å². The summed E-state index contributed by atoms with van der Waals surface area (Å²) < 4.78 is 0. The summed E-state index contributed by atoms with van der Waals surface area (Å²) in [6.07, 6.45) is 2.48. The number of fused-ring (bicyclic) bond motifs is 1. The van der Waals surface area contributed by atoms with Gasteiger partial charge in [-0.05, 0) is 29.7 Å². The molecule has 3 aromatic rings. The molecule has 3 nitrogen and oxygen atoms in total. The summed E-state index contributed by atoms with van der Waals surface area (Å²) in [5, 5.41) is 10.8. The third-order valence-corrected chi connectivity index (χ3v) is 6.11. The van der Waals surface area contributed by atoms with Gasteiger partial charge in [-0.1, -0.05) is 93.5 Å². The van der Waals surface area contributed by atoms with Gasteiger partial charge >= 0.3 is 0 Å². The molecular weight excluding hydrogens is 623 g/mol. The van der Waals surface area contributed by atoms with Gasteiger partial charge in [0.05, 0.1) is 5.52 Å². The Morgan fingerprint density at radius 3 is 2.19 bits per heavy atom. The standard InChI is InChI=1S/C21H22N.C11H20O2.Ir/c1-5-16(4)18-7-6-8-21-19(18)9-10-20(22-21)17-12-14(2)11-15(3)13-17;1-10(2,3)8(12)7-9(13)11(4,5)6;/h6-12,16H,5H2,1-4H3;7,12H,1-6H3;/q-1;;. The number of benzene rings is 2. The Labute approximate surface area is 231 Å². The molecule has 1 unspecified atom stereocenters. The van der Waals surface area contributed by atoms with E-state index in [9.17, 15) is 9.90 Å². The molecule has 197 valence electrons. The van der Waals surface area contributed by atoms with Crippen LogP contribution in [0.3, 0.4) is 0 Å². The van der Waals surface area contributed by atoms with Crippen LogP contribution in [0.25, 0.3) is 22.2 Å². The van der Waals surface area contributed by atoms with Crippen LogP contribution in [0.2, 0.25) is 0 Å². The fourth-order valence-corrected chi connectivity index (χ4v) is 3.57. The van der Waals surface area contributed by atoms with E-state index in [1.54, 1.807) is 0 Å². The first-order valence-corrected chi connectivity index (χ1v) is 12.5. The molecule has 1 radical (unpaired) electrons. The van der Waals surface area contributed by atoms with E-state index in [0.29, 0.717) is 5.92 Å². The minimum absolute atomic E-state index is 0. The zero-order chi connectivity index (χ0) is 26.6. The maximum Gasteiger partial charge on any atom is 0.164 e. The number of carbonyl (C=O) groups excluding carboxylic acids is 1. The SMILES string of the molecule is CC(C)(C)C(=O)C=C(O)C(C)(C)C.CCC(C)c1cccc2nc(-c3[c-]c(C)cc(C)c3)ccc12.[Ir]. The normalized spacial score (nSPS) is 12.9. The van der Waals surface area contributed by atoms with E-state index < -0.39 is 5.41 Å². The van der Waals surface area contributed by atoms with Gasteiger partial charge in [-0.2, -0.15) is 0 Å². The average Bonchev–Trinajstić information content (AvgIpc) is 2.76. The van der Waals surface area contributed by atoms with Crippen molar-refractivity contribution >= 4 is 16.7 Å². The molecule has 1 N–H and O–H groups in total. The van der Waals surface area contributed by atoms with Crippen molar-refractivity contribution in [2.24, 2.45) is 10.8 Å².